The zero-order valence-corrected chi connectivity index (χ0v) is 14.7. The van der Waals surface area contributed by atoms with Gasteiger partial charge in [0.05, 0.1) is 5.41 Å². The number of hydrogen-bond donors (Lipinski definition) is 1. The van der Waals surface area contributed by atoms with Gasteiger partial charge in [0, 0.05) is 17.4 Å². The van der Waals surface area contributed by atoms with Crippen LogP contribution in [0.25, 0.3) is 0 Å². The van der Waals surface area contributed by atoms with Gasteiger partial charge in [-0.15, -0.1) is 6.58 Å². The van der Waals surface area contributed by atoms with Crippen LogP contribution in [0.5, 0.6) is 0 Å². The van der Waals surface area contributed by atoms with Crippen molar-refractivity contribution in [2.24, 2.45) is 22.2 Å². The van der Waals surface area contributed by atoms with Gasteiger partial charge in [-0.25, -0.2) is 0 Å². The molecule has 23 heavy (non-hydrogen) atoms. The second kappa shape index (κ2) is 4.66. The van der Waals surface area contributed by atoms with Crippen LogP contribution in [-0.2, 0) is 9.59 Å². The average Bonchev–Trinajstić information content (AvgIpc) is 2.50. The third kappa shape index (κ3) is 1.86. The smallest absolute Gasteiger partial charge is 0.171 e. The van der Waals surface area contributed by atoms with Crippen molar-refractivity contribution in [2.45, 2.75) is 65.4 Å². The third-order valence-electron chi connectivity index (χ3n) is 7.30. The number of ketones is 2. The molecule has 3 heteroatoms. The number of aliphatic hydroxyl groups is 1. The molecule has 0 amide bonds. The second-order valence-electron chi connectivity index (χ2n) is 8.83. The molecule has 0 aromatic rings. The van der Waals surface area contributed by atoms with Gasteiger partial charge in [-0.2, -0.15) is 0 Å². The zero-order chi connectivity index (χ0) is 17.3. The number of fused-ring (bicyclic) bond motifs is 3. The van der Waals surface area contributed by atoms with E-state index in [1.165, 1.54) is 0 Å². The maximum absolute atomic E-state index is 13.0. The number of carbonyl (C=O) groups excluding carboxylic acids is 2. The lowest BCUT2D eigenvalue weighted by atomic mass is 9.43. The number of rotatable bonds is 1. The molecule has 0 saturated heterocycles. The molecule has 0 bridgehead atoms. The van der Waals surface area contributed by atoms with Gasteiger partial charge in [-0.05, 0) is 50.9 Å². The van der Waals surface area contributed by atoms with E-state index in [9.17, 15) is 14.7 Å². The zero-order valence-electron chi connectivity index (χ0n) is 14.7. The molecule has 3 aliphatic carbocycles. The van der Waals surface area contributed by atoms with E-state index < -0.39 is 16.4 Å². The molecule has 126 valence electrons. The van der Waals surface area contributed by atoms with Gasteiger partial charge in [0.1, 0.15) is 11.4 Å². The van der Waals surface area contributed by atoms with E-state index in [1.54, 1.807) is 6.08 Å². The van der Waals surface area contributed by atoms with Crippen LogP contribution in [0.1, 0.15) is 59.8 Å². The first-order valence-corrected chi connectivity index (χ1v) is 8.68. The molecule has 0 aliphatic heterocycles. The lowest BCUT2D eigenvalue weighted by Crippen LogP contribution is -2.66. The van der Waals surface area contributed by atoms with Crippen LogP contribution in [0.15, 0.2) is 24.3 Å². The molecule has 4 atom stereocenters. The van der Waals surface area contributed by atoms with E-state index in [0.717, 1.165) is 6.42 Å². The molecule has 3 rings (SSSR count). The fourth-order valence-electron chi connectivity index (χ4n) is 5.33. The fourth-order valence-corrected chi connectivity index (χ4v) is 5.33. The molecule has 3 aliphatic rings. The Morgan fingerprint density at radius 2 is 1.83 bits per heavy atom. The van der Waals surface area contributed by atoms with Crippen LogP contribution in [-0.4, -0.2) is 22.3 Å². The van der Waals surface area contributed by atoms with Crippen LogP contribution in [0.4, 0.5) is 0 Å². The monoisotopic (exact) mass is 316 g/mol. The van der Waals surface area contributed by atoms with Crippen LogP contribution in [0.3, 0.4) is 0 Å². The second-order valence-corrected chi connectivity index (χ2v) is 8.83. The van der Waals surface area contributed by atoms with Crippen LogP contribution in [0, 0.1) is 22.2 Å². The molecule has 0 heterocycles. The highest BCUT2D eigenvalue weighted by Crippen LogP contribution is 2.63. The van der Waals surface area contributed by atoms with Crippen molar-refractivity contribution in [3.05, 3.63) is 24.3 Å². The quantitative estimate of drug-likeness (QED) is 0.752. The summed E-state index contributed by atoms with van der Waals surface area (Å²) in [6, 6.07) is 0. The molecule has 2 saturated carbocycles. The largest absolute Gasteiger partial charge is 0.384 e. The topological polar surface area (TPSA) is 54.4 Å². The van der Waals surface area contributed by atoms with E-state index in [2.05, 4.69) is 20.4 Å². The van der Waals surface area contributed by atoms with E-state index in [4.69, 9.17) is 0 Å². The fraction of sp³-hybridized carbons (Fsp3) is 0.700. The van der Waals surface area contributed by atoms with Crippen LogP contribution in [0.2, 0.25) is 0 Å². The van der Waals surface area contributed by atoms with Crippen LogP contribution >= 0.6 is 0 Å². The minimum atomic E-state index is -1.33. The van der Waals surface area contributed by atoms with E-state index >= 15 is 0 Å². The molecule has 1 N–H and O–H groups in total. The van der Waals surface area contributed by atoms with Crippen molar-refractivity contribution in [3.63, 3.8) is 0 Å². The molecule has 3 nitrogen and oxygen atoms in total. The minimum absolute atomic E-state index is 0.0113. The van der Waals surface area contributed by atoms with Crippen molar-refractivity contribution < 1.29 is 14.7 Å². The van der Waals surface area contributed by atoms with Crippen molar-refractivity contribution >= 4 is 11.6 Å². The van der Waals surface area contributed by atoms with Crippen molar-refractivity contribution in [1.29, 1.82) is 0 Å². The summed E-state index contributed by atoms with van der Waals surface area (Å²) in [5.74, 6) is 0.132. The number of carbonyl (C=O) groups is 2. The number of hydrogen-bond acceptors (Lipinski definition) is 3. The number of allylic oxidation sites excluding steroid dienone is 2. The van der Waals surface area contributed by atoms with Gasteiger partial charge in [0.2, 0.25) is 0 Å². The lowest BCUT2D eigenvalue weighted by molar-refractivity contribution is -0.177. The molecule has 0 unspecified atom stereocenters. The standard InChI is InChI=1S/C20H28O3/c1-6-18(4)11-12-20(23)13(16(18)22)7-8-14-17(2,3)10-9-15(21)19(14,20)5/h6-7,14,23H,1,8-12H2,2-5H3/t14-,18+,19+,20+/m1/s1. The van der Waals surface area contributed by atoms with E-state index in [1.807, 2.05) is 19.9 Å². The SMILES string of the molecule is C=C[C@@]1(C)CC[C@]2(O)C(=CC[C@@H]3C(C)(C)CCC(=O)[C@]32C)C1=O. The summed E-state index contributed by atoms with van der Waals surface area (Å²) in [6.07, 6.45) is 6.62. The summed E-state index contributed by atoms with van der Waals surface area (Å²) in [7, 11) is 0. The normalized spacial score (nSPS) is 45.8. The summed E-state index contributed by atoms with van der Waals surface area (Å²) in [5.41, 5.74) is -2.38. The highest BCUT2D eigenvalue weighted by atomic mass is 16.3. The molecular weight excluding hydrogens is 288 g/mol. The summed E-state index contributed by atoms with van der Waals surface area (Å²) in [5, 5.41) is 11.6. The summed E-state index contributed by atoms with van der Waals surface area (Å²) >= 11 is 0. The highest BCUT2D eigenvalue weighted by Gasteiger charge is 2.67. The highest BCUT2D eigenvalue weighted by molar-refractivity contribution is 6.05. The Morgan fingerprint density at radius 3 is 2.43 bits per heavy atom. The van der Waals surface area contributed by atoms with E-state index in [0.29, 0.717) is 31.3 Å². The van der Waals surface area contributed by atoms with Gasteiger partial charge >= 0.3 is 0 Å². The number of Topliss-reactive ketones (excluding diaryl/α,β-unsaturated/α-hetero) is 2. The first-order chi connectivity index (χ1) is 10.5. The predicted octanol–water partition coefficient (Wildman–Crippen LogP) is 3.61. The Balaban J connectivity index is 2.17. The maximum Gasteiger partial charge on any atom is 0.171 e. The predicted molar refractivity (Wildman–Crippen MR) is 89.8 cm³/mol. The van der Waals surface area contributed by atoms with Gasteiger partial charge < -0.3 is 5.11 Å². The maximum atomic E-state index is 13.0. The first kappa shape index (κ1) is 16.6. The summed E-state index contributed by atoms with van der Waals surface area (Å²) < 4.78 is 0. The average molecular weight is 316 g/mol. The Bertz CT molecular complexity index is 629. The van der Waals surface area contributed by atoms with E-state index in [-0.39, 0.29) is 22.9 Å². The summed E-state index contributed by atoms with van der Waals surface area (Å²) in [6.45, 7) is 12.0. The van der Waals surface area contributed by atoms with Crippen LogP contribution < -0.4 is 0 Å². The Labute approximate surface area is 138 Å². The third-order valence-corrected chi connectivity index (χ3v) is 7.30. The lowest BCUT2D eigenvalue weighted by Gasteiger charge is -2.61. The Morgan fingerprint density at radius 1 is 1.17 bits per heavy atom. The van der Waals surface area contributed by atoms with Crippen molar-refractivity contribution in [3.8, 4) is 0 Å². The molecule has 0 aromatic heterocycles. The Hall–Kier alpha value is -1.22. The van der Waals surface area contributed by atoms with Gasteiger partial charge in [0.25, 0.3) is 0 Å². The van der Waals surface area contributed by atoms with Gasteiger partial charge in [0.15, 0.2) is 5.78 Å². The van der Waals surface area contributed by atoms with Crippen molar-refractivity contribution in [1.82, 2.24) is 0 Å². The molecule has 2 fully saturated rings. The molecule has 0 spiro atoms. The first-order valence-electron chi connectivity index (χ1n) is 8.68. The van der Waals surface area contributed by atoms with Gasteiger partial charge in [-0.1, -0.05) is 26.0 Å². The van der Waals surface area contributed by atoms with Crippen molar-refractivity contribution in [2.75, 3.05) is 0 Å². The van der Waals surface area contributed by atoms with Gasteiger partial charge in [-0.3, -0.25) is 9.59 Å². The molecule has 0 radical (unpaired) electrons. The summed E-state index contributed by atoms with van der Waals surface area (Å²) in [4.78, 5) is 25.9. The minimum Gasteiger partial charge on any atom is -0.384 e. The Kier molecular flexibility index (Phi) is 3.37. The molecular formula is C20H28O3. The molecule has 0 aromatic carbocycles.